The third-order valence-electron chi connectivity index (χ3n) is 4.94. The summed E-state index contributed by atoms with van der Waals surface area (Å²) in [6.07, 6.45) is -0.410. The molecule has 4 rings (SSSR count). The first-order chi connectivity index (χ1) is 15.0. The van der Waals surface area contributed by atoms with Crippen molar-refractivity contribution in [2.24, 2.45) is 0 Å². The highest BCUT2D eigenvalue weighted by molar-refractivity contribution is 7.70. The van der Waals surface area contributed by atoms with Crippen molar-refractivity contribution in [1.29, 1.82) is 0 Å². The molecule has 14 nitrogen and oxygen atoms in total. The number of anilines is 1. The maximum atomic E-state index is 11.8. The number of fused-ring (bicyclic) bond motifs is 1. The van der Waals surface area contributed by atoms with Crippen molar-refractivity contribution in [2.75, 3.05) is 31.0 Å². The topological polar surface area (TPSA) is 198 Å². The number of aromatic nitrogens is 4. The number of imidazole rings is 1. The van der Waals surface area contributed by atoms with Gasteiger partial charge in [0.05, 0.1) is 43.4 Å². The zero-order valence-corrected chi connectivity index (χ0v) is 19.1. The van der Waals surface area contributed by atoms with Crippen LogP contribution in [-0.2, 0) is 23.1 Å². The largest absolute Gasteiger partial charge is 0.390 e. The molecule has 2 aromatic heterocycles. The fourth-order valence-corrected chi connectivity index (χ4v) is 6.35. The molecule has 2 unspecified atom stereocenters. The predicted molar refractivity (Wildman–Crippen MR) is 110 cm³/mol. The van der Waals surface area contributed by atoms with Gasteiger partial charge in [-0.2, -0.15) is 4.98 Å². The third-order valence-corrected chi connectivity index (χ3v) is 8.56. The van der Waals surface area contributed by atoms with Crippen LogP contribution in [0.25, 0.3) is 5.65 Å². The number of aliphatic hydroxyl groups is 1. The minimum atomic E-state index is -4.74. The first kappa shape index (κ1) is 24.0. The second kappa shape index (κ2) is 9.22. The van der Waals surface area contributed by atoms with Gasteiger partial charge in [0.1, 0.15) is 6.10 Å². The Bertz CT molecular complexity index is 1070. The van der Waals surface area contributed by atoms with Crippen molar-refractivity contribution in [3.05, 3.63) is 17.2 Å². The standard InChI is InChI=1S/C15H22ClN5O9P2/c16-15-19-13(18-8-1-2-28-5-8)14-17-4-10(21(14)20-15)12-11(22)3-9(30-12)6-29-32(26,27)7-31(23,24)25/h4,8-9,11-12,22H,1-3,5-7H2,(H,26,27)(H,18,19,20)(H2,23,24,25)/t8?,9-,11+,12-/m0/s1. The number of ether oxygens (including phenoxy) is 2. The Morgan fingerprint density at radius 1 is 1.34 bits per heavy atom. The molecule has 4 heterocycles. The van der Waals surface area contributed by atoms with Crippen molar-refractivity contribution in [1.82, 2.24) is 19.6 Å². The monoisotopic (exact) mass is 513 g/mol. The molecule has 5 atom stereocenters. The second-order valence-electron chi connectivity index (χ2n) is 7.57. The Morgan fingerprint density at radius 2 is 2.12 bits per heavy atom. The van der Waals surface area contributed by atoms with E-state index >= 15 is 0 Å². The maximum Gasteiger partial charge on any atom is 0.340 e. The van der Waals surface area contributed by atoms with Gasteiger partial charge in [0.25, 0.3) is 0 Å². The third kappa shape index (κ3) is 5.65. The van der Waals surface area contributed by atoms with Crippen LogP contribution in [-0.4, -0.2) is 83.3 Å². The normalized spacial score (nSPS) is 28.3. The number of aliphatic hydroxyl groups excluding tert-OH is 1. The summed E-state index contributed by atoms with van der Waals surface area (Å²) in [5.41, 5.74) is 0.751. The molecular weight excluding hydrogens is 492 g/mol. The van der Waals surface area contributed by atoms with E-state index in [2.05, 4.69) is 20.4 Å². The molecule has 0 bridgehead atoms. The van der Waals surface area contributed by atoms with Crippen molar-refractivity contribution in [2.45, 2.75) is 37.2 Å². The molecule has 2 aliphatic rings. The van der Waals surface area contributed by atoms with Gasteiger partial charge in [0.2, 0.25) is 5.28 Å². The molecule has 2 fully saturated rings. The average Bonchev–Trinajstić information content (AvgIpc) is 3.38. The molecule has 2 aliphatic heterocycles. The lowest BCUT2D eigenvalue weighted by Crippen LogP contribution is -2.21. The highest BCUT2D eigenvalue weighted by atomic mass is 35.5. The predicted octanol–water partition coefficient (Wildman–Crippen LogP) is 0.507. The maximum absolute atomic E-state index is 11.8. The Labute approximate surface area is 186 Å². The van der Waals surface area contributed by atoms with Crippen LogP contribution >= 0.6 is 26.8 Å². The van der Waals surface area contributed by atoms with Gasteiger partial charge in [-0.3, -0.25) is 9.13 Å². The Kier molecular flexibility index (Phi) is 6.91. The Morgan fingerprint density at radius 3 is 2.81 bits per heavy atom. The fraction of sp³-hybridized carbons (Fsp3) is 0.667. The van der Waals surface area contributed by atoms with E-state index in [-0.39, 0.29) is 17.7 Å². The summed E-state index contributed by atoms with van der Waals surface area (Å²) >= 11 is 6.07. The minimum absolute atomic E-state index is 0.0436. The molecule has 5 N–H and O–H groups in total. The molecule has 32 heavy (non-hydrogen) atoms. The highest BCUT2D eigenvalue weighted by Gasteiger charge is 2.39. The fourth-order valence-electron chi connectivity index (χ4n) is 3.60. The summed E-state index contributed by atoms with van der Waals surface area (Å²) in [6.45, 7) is 0.708. The molecule has 178 valence electrons. The van der Waals surface area contributed by atoms with Crippen LogP contribution in [0.15, 0.2) is 6.20 Å². The van der Waals surface area contributed by atoms with Crippen LogP contribution in [0.2, 0.25) is 5.28 Å². The Hall–Kier alpha value is -1.18. The first-order valence-electron chi connectivity index (χ1n) is 9.61. The van der Waals surface area contributed by atoms with Gasteiger partial charge >= 0.3 is 15.2 Å². The van der Waals surface area contributed by atoms with Gasteiger partial charge in [0, 0.05) is 13.0 Å². The van der Waals surface area contributed by atoms with Crippen molar-refractivity contribution in [3.63, 3.8) is 0 Å². The van der Waals surface area contributed by atoms with E-state index in [9.17, 15) is 19.1 Å². The number of hydrogen-bond acceptors (Lipinski definition) is 10. The first-order valence-corrected chi connectivity index (χ1v) is 13.5. The molecular formula is C15H22ClN5O9P2. The second-order valence-corrected chi connectivity index (χ2v) is 11.9. The number of nitrogens with zero attached hydrogens (tertiary/aromatic N) is 4. The zero-order chi connectivity index (χ0) is 23.1. The molecule has 0 radical (unpaired) electrons. The molecule has 0 aliphatic carbocycles. The van der Waals surface area contributed by atoms with Gasteiger partial charge in [-0.15, -0.1) is 5.10 Å². The smallest absolute Gasteiger partial charge is 0.340 e. The van der Waals surface area contributed by atoms with Gasteiger partial charge in [-0.05, 0) is 18.0 Å². The SMILES string of the molecule is O=P(O)(O)CP(=O)(O)OC[C@@H]1C[C@@H](O)[C@H](c2cnc3c(NC4CCOC4)nc(Cl)nn23)O1. The molecule has 0 saturated carbocycles. The van der Waals surface area contributed by atoms with E-state index in [0.717, 1.165) is 6.42 Å². The highest BCUT2D eigenvalue weighted by Crippen LogP contribution is 2.55. The van der Waals surface area contributed by atoms with Crippen molar-refractivity contribution >= 4 is 38.3 Å². The van der Waals surface area contributed by atoms with Gasteiger partial charge in [-0.1, -0.05) is 0 Å². The van der Waals surface area contributed by atoms with Crippen LogP contribution in [0.5, 0.6) is 0 Å². The minimum Gasteiger partial charge on any atom is -0.390 e. The lowest BCUT2D eigenvalue weighted by atomic mass is 10.1. The Balaban J connectivity index is 1.49. The molecule has 17 heteroatoms. The van der Waals surface area contributed by atoms with E-state index in [0.29, 0.717) is 30.4 Å². The summed E-state index contributed by atoms with van der Waals surface area (Å²) in [5.74, 6) is -0.902. The summed E-state index contributed by atoms with van der Waals surface area (Å²) in [7, 11) is -9.27. The van der Waals surface area contributed by atoms with E-state index in [4.69, 9.17) is 35.4 Å². The molecule has 2 saturated heterocycles. The van der Waals surface area contributed by atoms with E-state index in [1.54, 1.807) is 0 Å². The molecule has 0 spiro atoms. The summed E-state index contributed by atoms with van der Waals surface area (Å²) in [5, 5.41) is 17.8. The number of hydrogen-bond donors (Lipinski definition) is 5. The van der Waals surface area contributed by atoms with Crippen molar-refractivity contribution < 1.29 is 42.9 Å². The van der Waals surface area contributed by atoms with E-state index in [1.165, 1.54) is 10.7 Å². The lowest BCUT2D eigenvalue weighted by molar-refractivity contribution is -0.0110. The van der Waals surface area contributed by atoms with Gasteiger partial charge < -0.3 is 39.1 Å². The molecule has 0 amide bonds. The van der Waals surface area contributed by atoms with Gasteiger partial charge in [-0.25, -0.2) is 9.50 Å². The number of rotatable bonds is 8. The quantitative estimate of drug-likeness (QED) is 0.306. The zero-order valence-electron chi connectivity index (χ0n) is 16.5. The average molecular weight is 514 g/mol. The van der Waals surface area contributed by atoms with Crippen LogP contribution in [0.3, 0.4) is 0 Å². The van der Waals surface area contributed by atoms with Crippen molar-refractivity contribution in [3.8, 4) is 0 Å². The van der Waals surface area contributed by atoms with Crippen LogP contribution in [0.1, 0.15) is 24.6 Å². The van der Waals surface area contributed by atoms with E-state index < -0.39 is 46.0 Å². The van der Waals surface area contributed by atoms with Crippen LogP contribution in [0.4, 0.5) is 5.82 Å². The van der Waals surface area contributed by atoms with Crippen LogP contribution in [0, 0.1) is 0 Å². The summed E-state index contributed by atoms with van der Waals surface area (Å²) in [4.78, 5) is 35.8. The van der Waals surface area contributed by atoms with Gasteiger partial charge in [0.15, 0.2) is 17.4 Å². The summed E-state index contributed by atoms with van der Waals surface area (Å²) in [6, 6.07) is 0.0436. The molecule has 2 aromatic rings. The number of halogens is 1. The number of nitrogens with one attached hydrogen (secondary N) is 1. The van der Waals surface area contributed by atoms with E-state index in [1.807, 2.05) is 0 Å². The molecule has 0 aromatic carbocycles. The van der Waals surface area contributed by atoms with Crippen LogP contribution < -0.4 is 5.32 Å². The lowest BCUT2D eigenvalue weighted by Gasteiger charge is -2.17. The summed E-state index contributed by atoms with van der Waals surface area (Å²) < 4.78 is 40.1.